The average Bonchev–Trinajstić information content (AvgIpc) is 2.34. The van der Waals surface area contributed by atoms with Gasteiger partial charge in [-0.25, -0.2) is 5.48 Å². The number of aryl methyl sites for hydroxylation is 1. The average molecular weight is 142 g/mol. The highest BCUT2D eigenvalue weighted by Crippen LogP contribution is 1.99. The van der Waals surface area contributed by atoms with E-state index in [9.17, 15) is 4.79 Å². The Bertz CT molecular complexity index is 243. The lowest BCUT2D eigenvalue weighted by Gasteiger charge is -1.87. The number of carbonyl (C=O) groups excluding carboxylic acids is 1. The maximum Gasteiger partial charge on any atom is 0.296 e. The summed E-state index contributed by atoms with van der Waals surface area (Å²) in [6.45, 7) is 1.65. The summed E-state index contributed by atoms with van der Waals surface area (Å²) in [6, 6.07) is 1.42. The molecule has 0 unspecified atom stereocenters. The lowest BCUT2D eigenvalue weighted by atomic mass is 10.4. The number of amides is 1. The quantitative estimate of drug-likeness (QED) is 0.430. The summed E-state index contributed by atoms with van der Waals surface area (Å²) >= 11 is 0. The second kappa shape index (κ2) is 2.49. The van der Waals surface area contributed by atoms with Crippen molar-refractivity contribution in [3.05, 3.63) is 17.5 Å². The molecule has 1 aromatic rings. The first-order chi connectivity index (χ1) is 4.74. The molecule has 5 heteroatoms. The van der Waals surface area contributed by atoms with E-state index < -0.39 is 5.91 Å². The maximum atomic E-state index is 10.5. The highest BCUT2D eigenvalue weighted by Gasteiger charge is 2.07. The second-order valence-electron chi connectivity index (χ2n) is 1.76. The van der Waals surface area contributed by atoms with Crippen LogP contribution in [-0.2, 0) is 0 Å². The molecule has 1 aromatic heterocycles. The van der Waals surface area contributed by atoms with Crippen LogP contribution in [-0.4, -0.2) is 16.3 Å². The Morgan fingerprint density at radius 1 is 1.90 bits per heavy atom. The van der Waals surface area contributed by atoms with Crippen molar-refractivity contribution in [2.75, 3.05) is 0 Å². The van der Waals surface area contributed by atoms with Gasteiger partial charge in [-0.15, -0.1) is 0 Å². The van der Waals surface area contributed by atoms with Crippen LogP contribution in [0.4, 0.5) is 0 Å². The first kappa shape index (κ1) is 6.76. The Hall–Kier alpha value is -1.36. The molecule has 0 aliphatic heterocycles. The van der Waals surface area contributed by atoms with Gasteiger partial charge in [-0.1, -0.05) is 5.16 Å². The van der Waals surface area contributed by atoms with Gasteiger partial charge in [-0.2, -0.15) is 0 Å². The van der Waals surface area contributed by atoms with E-state index in [0.29, 0.717) is 5.76 Å². The Labute approximate surface area is 56.6 Å². The van der Waals surface area contributed by atoms with Gasteiger partial charge < -0.3 is 4.52 Å². The minimum Gasteiger partial charge on any atom is -0.361 e. The first-order valence-corrected chi connectivity index (χ1v) is 2.62. The van der Waals surface area contributed by atoms with Crippen LogP contribution in [0.5, 0.6) is 0 Å². The molecule has 5 nitrogen and oxygen atoms in total. The Morgan fingerprint density at radius 3 is 3.00 bits per heavy atom. The molecule has 0 saturated carbocycles. The third-order valence-electron chi connectivity index (χ3n) is 0.962. The van der Waals surface area contributed by atoms with Crippen molar-refractivity contribution in [1.82, 2.24) is 10.6 Å². The summed E-state index contributed by atoms with van der Waals surface area (Å²) in [5.41, 5.74) is 1.50. The van der Waals surface area contributed by atoms with Crippen LogP contribution >= 0.6 is 0 Å². The number of rotatable bonds is 1. The zero-order chi connectivity index (χ0) is 7.56. The van der Waals surface area contributed by atoms with Crippen molar-refractivity contribution in [2.45, 2.75) is 6.92 Å². The normalized spacial score (nSPS) is 9.40. The Kier molecular flexibility index (Phi) is 1.68. The van der Waals surface area contributed by atoms with Gasteiger partial charge in [0.1, 0.15) is 5.76 Å². The molecule has 54 valence electrons. The van der Waals surface area contributed by atoms with Crippen LogP contribution in [0.2, 0.25) is 0 Å². The van der Waals surface area contributed by atoms with Gasteiger partial charge in [0, 0.05) is 6.07 Å². The van der Waals surface area contributed by atoms with Crippen LogP contribution in [0.3, 0.4) is 0 Å². The molecule has 0 atom stereocenters. The number of nitrogens with zero attached hydrogens (tertiary/aromatic N) is 1. The molecule has 10 heavy (non-hydrogen) atoms. The number of hydrogen-bond acceptors (Lipinski definition) is 4. The van der Waals surface area contributed by atoms with Gasteiger partial charge in [0.05, 0.1) is 0 Å². The number of hydroxylamine groups is 1. The number of carbonyl (C=O) groups is 1. The smallest absolute Gasteiger partial charge is 0.296 e. The Balaban J connectivity index is 2.85. The van der Waals surface area contributed by atoms with E-state index in [-0.39, 0.29) is 5.69 Å². The topological polar surface area (TPSA) is 75.4 Å². The molecule has 0 aliphatic carbocycles. The number of nitrogens with one attached hydrogen (secondary N) is 1. The summed E-state index contributed by atoms with van der Waals surface area (Å²) in [7, 11) is 0. The van der Waals surface area contributed by atoms with Gasteiger partial charge in [-0.3, -0.25) is 10.0 Å². The van der Waals surface area contributed by atoms with Gasteiger partial charge in [0.2, 0.25) is 0 Å². The van der Waals surface area contributed by atoms with Gasteiger partial charge in [0.25, 0.3) is 5.91 Å². The van der Waals surface area contributed by atoms with E-state index in [2.05, 4.69) is 9.68 Å². The second-order valence-corrected chi connectivity index (χ2v) is 1.76. The van der Waals surface area contributed by atoms with Gasteiger partial charge in [-0.05, 0) is 6.92 Å². The fourth-order valence-electron chi connectivity index (χ4n) is 0.531. The fourth-order valence-corrected chi connectivity index (χ4v) is 0.531. The molecule has 1 amide bonds. The van der Waals surface area contributed by atoms with E-state index in [0.717, 1.165) is 0 Å². The zero-order valence-corrected chi connectivity index (χ0v) is 5.29. The molecule has 0 saturated heterocycles. The van der Waals surface area contributed by atoms with E-state index >= 15 is 0 Å². The van der Waals surface area contributed by atoms with Crippen molar-refractivity contribution in [3.63, 3.8) is 0 Å². The van der Waals surface area contributed by atoms with Crippen LogP contribution in [0.15, 0.2) is 10.6 Å². The molecule has 0 aliphatic rings. The summed E-state index contributed by atoms with van der Waals surface area (Å²) < 4.78 is 4.57. The molecule has 0 radical (unpaired) electrons. The summed E-state index contributed by atoms with van der Waals surface area (Å²) in [6.07, 6.45) is 0. The van der Waals surface area contributed by atoms with Crippen molar-refractivity contribution < 1.29 is 14.5 Å². The predicted octanol–water partition coefficient (Wildman–Crippen LogP) is 0.102. The SMILES string of the molecule is Cc1cc(C(=O)NO)no1. The molecule has 1 heterocycles. The highest BCUT2D eigenvalue weighted by molar-refractivity contribution is 5.91. The maximum absolute atomic E-state index is 10.5. The first-order valence-electron chi connectivity index (χ1n) is 2.62. The predicted molar refractivity (Wildman–Crippen MR) is 30.5 cm³/mol. The molecule has 0 fully saturated rings. The van der Waals surface area contributed by atoms with E-state index in [1.54, 1.807) is 6.92 Å². The van der Waals surface area contributed by atoms with Crippen molar-refractivity contribution in [2.24, 2.45) is 0 Å². The van der Waals surface area contributed by atoms with E-state index in [1.807, 2.05) is 0 Å². The minimum absolute atomic E-state index is 0.0694. The van der Waals surface area contributed by atoms with Crippen molar-refractivity contribution in [3.8, 4) is 0 Å². The number of aromatic nitrogens is 1. The summed E-state index contributed by atoms with van der Waals surface area (Å²) in [5, 5.41) is 11.5. The third-order valence-corrected chi connectivity index (χ3v) is 0.962. The molecule has 0 bridgehead atoms. The van der Waals surface area contributed by atoms with Gasteiger partial charge >= 0.3 is 0 Å². The lowest BCUT2D eigenvalue weighted by molar-refractivity contribution is 0.0696. The van der Waals surface area contributed by atoms with Crippen LogP contribution in [0.25, 0.3) is 0 Å². The number of hydrogen-bond donors (Lipinski definition) is 2. The van der Waals surface area contributed by atoms with Crippen LogP contribution < -0.4 is 5.48 Å². The van der Waals surface area contributed by atoms with E-state index in [1.165, 1.54) is 11.5 Å². The molecule has 0 spiro atoms. The largest absolute Gasteiger partial charge is 0.361 e. The summed E-state index contributed by atoms with van der Waals surface area (Å²) in [4.78, 5) is 10.5. The van der Waals surface area contributed by atoms with Crippen molar-refractivity contribution in [1.29, 1.82) is 0 Å². The summed E-state index contributed by atoms with van der Waals surface area (Å²) in [5.74, 6) is -0.143. The molecule has 1 rings (SSSR count). The lowest BCUT2D eigenvalue weighted by Crippen LogP contribution is -2.18. The minimum atomic E-state index is -0.670. The molecule has 0 aromatic carbocycles. The van der Waals surface area contributed by atoms with Gasteiger partial charge in [0.15, 0.2) is 5.69 Å². The highest BCUT2D eigenvalue weighted by atomic mass is 16.5. The molecular formula is C5H6N2O3. The van der Waals surface area contributed by atoms with Crippen LogP contribution in [0, 0.1) is 6.92 Å². The van der Waals surface area contributed by atoms with Crippen molar-refractivity contribution >= 4 is 5.91 Å². The monoisotopic (exact) mass is 142 g/mol. The zero-order valence-electron chi connectivity index (χ0n) is 5.29. The third kappa shape index (κ3) is 1.14. The van der Waals surface area contributed by atoms with E-state index in [4.69, 9.17) is 5.21 Å². The standard InChI is InChI=1S/C5H6N2O3/c1-3-2-4(7-10-3)5(8)6-9/h2,9H,1H3,(H,6,8). The van der Waals surface area contributed by atoms with Crippen LogP contribution in [0.1, 0.15) is 16.2 Å². The molecule has 2 N–H and O–H groups in total. The molecular weight excluding hydrogens is 136 g/mol. The Morgan fingerprint density at radius 2 is 2.60 bits per heavy atom. The fraction of sp³-hybridized carbons (Fsp3) is 0.200.